The summed E-state index contributed by atoms with van der Waals surface area (Å²) < 4.78 is 0. The monoisotopic (exact) mass is 149 g/mol. The fourth-order valence-corrected chi connectivity index (χ4v) is 1.58. The van der Waals surface area contributed by atoms with Gasteiger partial charge in [0.1, 0.15) is 0 Å². The Morgan fingerprint density at radius 3 is 2.00 bits per heavy atom. The van der Waals surface area contributed by atoms with Crippen molar-refractivity contribution in [1.82, 2.24) is 0 Å². The molecule has 1 aromatic carbocycles. The Kier molecular flexibility index (Phi) is 2.18. The van der Waals surface area contributed by atoms with E-state index in [2.05, 4.69) is 20.8 Å². The van der Waals surface area contributed by atoms with E-state index in [9.17, 15) is 0 Å². The molecule has 0 bridgehead atoms. The molecule has 0 fully saturated rings. The lowest BCUT2D eigenvalue weighted by Gasteiger charge is -2.07. The highest BCUT2D eigenvalue weighted by atomic mass is 14.5. The van der Waals surface area contributed by atoms with E-state index in [0.717, 1.165) is 12.1 Å². The first kappa shape index (κ1) is 8.12. The van der Waals surface area contributed by atoms with Crippen molar-refractivity contribution < 1.29 is 0 Å². The Labute approximate surface area is 68.2 Å². The van der Waals surface area contributed by atoms with Gasteiger partial charge in [0.25, 0.3) is 0 Å². The van der Waals surface area contributed by atoms with Crippen molar-refractivity contribution in [2.75, 3.05) is 5.73 Å². The number of nitrogen functional groups attached to an aromatic ring is 1. The summed E-state index contributed by atoms with van der Waals surface area (Å²) in [5, 5.41) is 0. The number of hydrogen-bond acceptors (Lipinski definition) is 1. The third-order valence-electron chi connectivity index (χ3n) is 2.07. The lowest BCUT2D eigenvalue weighted by Crippen LogP contribution is -1.94. The summed E-state index contributed by atoms with van der Waals surface area (Å²) in [5.74, 6) is 0. The van der Waals surface area contributed by atoms with E-state index in [0.29, 0.717) is 0 Å². The van der Waals surface area contributed by atoms with E-state index in [1.54, 1.807) is 0 Å². The highest BCUT2D eigenvalue weighted by Gasteiger charge is 2.00. The molecule has 0 atom stereocenters. The van der Waals surface area contributed by atoms with E-state index >= 15 is 0 Å². The minimum Gasteiger partial charge on any atom is -0.399 e. The first-order chi connectivity index (χ1) is 5.15. The first-order valence-corrected chi connectivity index (χ1v) is 4.00. The lowest BCUT2D eigenvalue weighted by atomic mass is 10.00. The molecular weight excluding hydrogens is 134 g/mol. The Bertz CT molecular complexity index is 241. The van der Waals surface area contributed by atoms with Crippen LogP contribution in [-0.2, 0) is 6.42 Å². The fraction of sp³-hybridized carbons (Fsp3) is 0.400. The lowest BCUT2D eigenvalue weighted by molar-refractivity contribution is 1.08. The molecule has 2 N–H and O–H groups in total. The molecule has 0 radical (unpaired) electrons. The second-order valence-corrected chi connectivity index (χ2v) is 2.99. The standard InChI is InChI=1S/C10H15N/c1-4-10-7(2)5-9(11)6-8(10)3/h5-6H,4,11H2,1-3H3. The quantitative estimate of drug-likeness (QED) is 0.610. The molecule has 0 saturated heterocycles. The summed E-state index contributed by atoms with van der Waals surface area (Å²) in [5.41, 5.74) is 10.6. The van der Waals surface area contributed by atoms with Crippen molar-refractivity contribution in [3.8, 4) is 0 Å². The molecule has 0 aromatic heterocycles. The van der Waals surface area contributed by atoms with Gasteiger partial charge in [-0.15, -0.1) is 0 Å². The average molecular weight is 149 g/mol. The summed E-state index contributed by atoms with van der Waals surface area (Å²) in [6, 6.07) is 4.07. The third-order valence-corrected chi connectivity index (χ3v) is 2.07. The predicted molar refractivity (Wildman–Crippen MR) is 49.7 cm³/mol. The van der Waals surface area contributed by atoms with E-state index in [-0.39, 0.29) is 0 Å². The van der Waals surface area contributed by atoms with Crippen LogP contribution in [0.4, 0.5) is 5.69 Å². The van der Waals surface area contributed by atoms with Crippen LogP contribution in [0.3, 0.4) is 0 Å². The molecule has 0 saturated carbocycles. The van der Waals surface area contributed by atoms with Crippen LogP contribution in [0, 0.1) is 13.8 Å². The Hall–Kier alpha value is -0.980. The second-order valence-electron chi connectivity index (χ2n) is 2.99. The van der Waals surface area contributed by atoms with Gasteiger partial charge in [-0.05, 0) is 49.1 Å². The van der Waals surface area contributed by atoms with Gasteiger partial charge >= 0.3 is 0 Å². The van der Waals surface area contributed by atoms with Crippen molar-refractivity contribution in [2.45, 2.75) is 27.2 Å². The zero-order valence-corrected chi connectivity index (χ0v) is 7.44. The number of hydrogen-bond donors (Lipinski definition) is 1. The van der Waals surface area contributed by atoms with Crippen LogP contribution >= 0.6 is 0 Å². The van der Waals surface area contributed by atoms with Crippen LogP contribution in [0.25, 0.3) is 0 Å². The first-order valence-electron chi connectivity index (χ1n) is 4.00. The van der Waals surface area contributed by atoms with Crippen LogP contribution in [0.15, 0.2) is 12.1 Å². The Morgan fingerprint density at radius 2 is 1.64 bits per heavy atom. The molecule has 1 heteroatoms. The smallest absolute Gasteiger partial charge is 0.0319 e. The zero-order chi connectivity index (χ0) is 8.43. The molecule has 0 amide bonds. The van der Waals surface area contributed by atoms with Gasteiger partial charge in [0.2, 0.25) is 0 Å². The van der Waals surface area contributed by atoms with Crippen LogP contribution in [0.5, 0.6) is 0 Å². The molecular formula is C10H15N. The minimum atomic E-state index is 0.872. The van der Waals surface area contributed by atoms with Crippen LogP contribution < -0.4 is 5.73 Å². The molecule has 60 valence electrons. The van der Waals surface area contributed by atoms with Crippen LogP contribution in [0.1, 0.15) is 23.6 Å². The summed E-state index contributed by atoms with van der Waals surface area (Å²) in [6.45, 7) is 6.40. The second kappa shape index (κ2) is 2.95. The number of benzene rings is 1. The summed E-state index contributed by atoms with van der Waals surface area (Å²) in [6.07, 6.45) is 1.10. The van der Waals surface area contributed by atoms with Crippen molar-refractivity contribution in [3.05, 3.63) is 28.8 Å². The van der Waals surface area contributed by atoms with E-state index in [1.807, 2.05) is 12.1 Å². The van der Waals surface area contributed by atoms with Crippen molar-refractivity contribution in [3.63, 3.8) is 0 Å². The molecule has 0 unspecified atom stereocenters. The SMILES string of the molecule is CCc1c(C)cc(N)cc1C. The number of anilines is 1. The number of nitrogens with two attached hydrogens (primary N) is 1. The van der Waals surface area contributed by atoms with E-state index in [4.69, 9.17) is 5.73 Å². The molecule has 0 aliphatic heterocycles. The number of rotatable bonds is 1. The Balaban J connectivity index is 3.25. The maximum atomic E-state index is 5.68. The summed E-state index contributed by atoms with van der Waals surface area (Å²) in [7, 11) is 0. The van der Waals surface area contributed by atoms with Gasteiger partial charge in [0, 0.05) is 5.69 Å². The highest BCUT2D eigenvalue weighted by Crippen LogP contribution is 2.17. The van der Waals surface area contributed by atoms with Gasteiger partial charge < -0.3 is 5.73 Å². The van der Waals surface area contributed by atoms with Crippen LogP contribution in [0.2, 0.25) is 0 Å². The van der Waals surface area contributed by atoms with Crippen molar-refractivity contribution in [1.29, 1.82) is 0 Å². The largest absolute Gasteiger partial charge is 0.399 e. The molecule has 0 aliphatic rings. The predicted octanol–water partition coefficient (Wildman–Crippen LogP) is 2.45. The summed E-state index contributed by atoms with van der Waals surface area (Å²) >= 11 is 0. The fourth-order valence-electron chi connectivity index (χ4n) is 1.58. The maximum absolute atomic E-state index is 5.68. The van der Waals surface area contributed by atoms with Gasteiger partial charge in [0.05, 0.1) is 0 Å². The van der Waals surface area contributed by atoms with Crippen molar-refractivity contribution >= 4 is 5.69 Å². The molecule has 1 aromatic rings. The van der Waals surface area contributed by atoms with Gasteiger partial charge in [0.15, 0.2) is 0 Å². The van der Waals surface area contributed by atoms with Crippen molar-refractivity contribution in [2.24, 2.45) is 0 Å². The third kappa shape index (κ3) is 1.53. The zero-order valence-electron chi connectivity index (χ0n) is 7.44. The topological polar surface area (TPSA) is 26.0 Å². The average Bonchev–Trinajstić information content (AvgIpc) is 1.85. The van der Waals surface area contributed by atoms with E-state index in [1.165, 1.54) is 16.7 Å². The number of aryl methyl sites for hydroxylation is 2. The van der Waals surface area contributed by atoms with Gasteiger partial charge in [-0.3, -0.25) is 0 Å². The molecule has 0 heterocycles. The highest BCUT2D eigenvalue weighted by molar-refractivity contribution is 5.48. The molecule has 1 rings (SSSR count). The van der Waals surface area contributed by atoms with Crippen LogP contribution in [-0.4, -0.2) is 0 Å². The minimum absolute atomic E-state index is 0.872. The molecule has 0 spiro atoms. The van der Waals surface area contributed by atoms with E-state index < -0.39 is 0 Å². The Morgan fingerprint density at radius 1 is 1.18 bits per heavy atom. The van der Waals surface area contributed by atoms with Gasteiger partial charge in [-0.1, -0.05) is 6.92 Å². The summed E-state index contributed by atoms with van der Waals surface area (Å²) in [4.78, 5) is 0. The van der Waals surface area contributed by atoms with Gasteiger partial charge in [-0.2, -0.15) is 0 Å². The normalized spacial score (nSPS) is 10.1. The molecule has 11 heavy (non-hydrogen) atoms. The maximum Gasteiger partial charge on any atom is 0.0319 e. The molecule has 1 nitrogen and oxygen atoms in total. The molecule has 0 aliphatic carbocycles. The van der Waals surface area contributed by atoms with Gasteiger partial charge in [-0.25, -0.2) is 0 Å².